The van der Waals surface area contributed by atoms with E-state index in [0.29, 0.717) is 12.5 Å². The molecule has 112 valence electrons. The van der Waals surface area contributed by atoms with Gasteiger partial charge >= 0.3 is 5.97 Å². The number of carbonyl (C=O) groups is 1. The summed E-state index contributed by atoms with van der Waals surface area (Å²) >= 11 is 0. The van der Waals surface area contributed by atoms with Gasteiger partial charge in [-0.3, -0.25) is 4.79 Å². The van der Waals surface area contributed by atoms with Gasteiger partial charge in [-0.2, -0.15) is 0 Å². The molecule has 0 heterocycles. The van der Waals surface area contributed by atoms with E-state index in [1.165, 1.54) is 32.1 Å². The Hall–Kier alpha value is -0.610. The zero-order chi connectivity index (χ0) is 14.1. The van der Waals surface area contributed by atoms with E-state index in [2.05, 4.69) is 10.2 Å². The topological polar surface area (TPSA) is 41.6 Å². The van der Waals surface area contributed by atoms with Crippen LogP contribution in [0.15, 0.2) is 0 Å². The molecule has 0 aliphatic heterocycles. The predicted molar refractivity (Wildman–Crippen MR) is 78.2 cm³/mol. The maximum Gasteiger partial charge on any atom is 0.323 e. The first-order valence-electron chi connectivity index (χ1n) is 7.68. The van der Waals surface area contributed by atoms with E-state index in [9.17, 15) is 4.79 Å². The quantitative estimate of drug-likeness (QED) is 0.685. The first-order valence-corrected chi connectivity index (χ1v) is 7.68. The Bertz CT molecular complexity index is 251. The van der Waals surface area contributed by atoms with Crippen molar-refractivity contribution in [1.29, 1.82) is 0 Å². The first kappa shape index (κ1) is 16.4. The number of hydrogen-bond acceptors (Lipinski definition) is 4. The van der Waals surface area contributed by atoms with Crippen LogP contribution in [-0.2, 0) is 9.53 Å². The molecule has 1 unspecified atom stereocenters. The number of esters is 1. The van der Waals surface area contributed by atoms with Gasteiger partial charge in [0.2, 0.25) is 0 Å². The minimum Gasteiger partial charge on any atom is -0.465 e. The summed E-state index contributed by atoms with van der Waals surface area (Å²) in [5, 5.41) is 3.37. The number of likely N-dealkylation sites (N-methyl/N-ethyl adjacent to an activating group) is 1. The molecule has 1 aliphatic rings. The molecular formula is C15H30N2O2. The van der Waals surface area contributed by atoms with Crippen LogP contribution in [0.2, 0.25) is 0 Å². The van der Waals surface area contributed by atoms with Gasteiger partial charge in [0, 0.05) is 13.1 Å². The summed E-state index contributed by atoms with van der Waals surface area (Å²) in [6.45, 7) is 4.12. The van der Waals surface area contributed by atoms with Crippen LogP contribution in [0.3, 0.4) is 0 Å². The van der Waals surface area contributed by atoms with Crippen molar-refractivity contribution < 1.29 is 9.53 Å². The highest BCUT2D eigenvalue weighted by Crippen LogP contribution is 2.27. The van der Waals surface area contributed by atoms with Gasteiger partial charge in [-0.1, -0.05) is 32.1 Å². The molecule has 0 saturated heterocycles. The van der Waals surface area contributed by atoms with Crippen molar-refractivity contribution >= 4 is 5.97 Å². The molecule has 1 N–H and O–H groups in total. The van der Waals surface area contributed by atoms with E-state index in [4.69, 9.17) is 4.74 Å². The van der Waals surface area contributed by atoms with Crippen LogP contribution < -0.4 is 5.32 Å². The number of hydrogen-bond donors (Lipinski definition) is 1. The molecule has 4 heteroatoms. The SMILES string of the molecule is CCOC(=O)C(CC1CCCCC1)NCCN(C)C. The molecule has 19 heavy (non-hydrogen) atoms. The zero-order valence-corrected chi connectivity index (χ0v) is 12.8. The fourth-order valence-corrected chi connectivity index (χ4v) is 2.72. The summed E-state index contributed by atoms with van der Waals surface area (Å²) in [7, 11) is 4.09. The van der Waals surface area contributed by atoms with Crippen molar-refractivity contribution in [2.75, 3.05) is 33.8 Å². The lowest BCUT2D eigenvalue weighted by molar-refractivity contribution is -0.146. The molecular weight excluding hydrogens is 240 g/mol. The molecule has 1 fully saturated rings. The van der Waals surface area contributed by atoms with Gasteiger partial charge in [0.15, 0.2) is 0 Å². The maximum atomic E-state index is 12.0. The summed E-state index contributed by atoms with van der Waals surface area (Å²) in [5.41, 5.74) is 0. The third-order valence-electron chi connectivity index (χ3n) is 3.81. The van der Waals surface area contributed by atoms with Gasteiger partial charge in [-0.25, -0.2) is 0 Å². The molecule has 1 saturated carbocycles. The van der Waals surface area contributed by atoms with Crippen molar-refractivity contribution in [2.24, 2.45) is 5.92 Å². The van der Waals surface area contributed by atoms with Crippen molar-refractivity contribution in [3.63, 3.8) is 0 Å². The Morgan fingerprint density at radius 3 is 2.58 bits per heavy atom. The highest BCUT2D eigenvalue weighted by Gasteiger charge is 2.24. The van der Waals surface area contributed by atoms with Gasteiger partial charge in [0.05, 0.1) is 6.61 Å². The van der Waals surface area contributed by atoms with Gasteiger partial charge in [0.25, 0.3) is 0 Å². The van der Waals surface area contributed by atoms with Gasteiger partial charge < -0.3 is 15.0 Å². The van der Waals surface area contributed by atoms with E-state index in [-0.39, 0.29) is 12.0 Å². The van der Waals surface area contributed by atoms with E-state index >= 15 is 0 Å². The largest absolute Gasteiger partial charge is 0.465 e. The van der Waals surface area contributed by atoms with Crippen molar-refractivity contribution in [2.45, 2.75) is 51.5 Å². The average Bonchev–Trinajstić information content (AvgIpc) is 2.38. The molecule has 0 radical (unpaired) electrons. The van der Waals surface area contributed by atoms with Crippen LogP contribution in [-0.4, -0.2) is 50.7 Å². The smallest absolute Gasteiger partial charge is 0.323 e. The van der Waals surface area contributed by atoms with Crippen molar-refractivity contribution in [1.82, 2.24) is 10.2 Å². The molecule has 0 spiro atoms. The monoisotopic (exact) mass is 270 g/mol. The number of ether oxygens (including phenoxy) is 1. The summed E-state index contributed by atoms with van der Waals surface area (Å²) in [6.07, 6.45) is 7.47. The normalized spacial score (nSPS) is 18.5. The van der Waals surface area contributed by atoms with E-state index < -0.39 is 0 Å². The van der Waals surface area contributed by atoms with Crippen LogP contribution in [0.4, 0.5) is 0 Å². The number of nitrogens with zero attached hydrogens (tertiary/aromatic N) is 1. The van der Waals surface area contributed by atoms with Gasteiger partial charge in [-0.15, -0.1) is 0 Å². The molecule has 1 rings (SSSR count). The van der Waals surface area contributed by atoms with Crippen LogP contribution in [0.1, 0.15) is 45.4 Å². The standard InChI is InChI=1S/C15H30N2O2/c1-4-19-15(18)14(16-10-11-17(2)3)12-13-8-6-5-7-9-13/h13-14,16H,4-12H2,1-3H3. The van der Waals surface area contributed by atoms with Crippen molar-refractivity contribution in [3.8, 4) is 0 Å². The second-order valence-corrected chi connectivity index (χ2v) is 5.80. The molecule has 1 atom stereocenters. The van der Waals surface area contributed by atoms with Crippen LogP contribution in [0, 0.1) is 5.92 Å². The fraction of sp³-hybridized carbons (Fsp3) is 0.933. The molecule has 0 amide bonds. The van der Waals surface area contributed by atoms with E-state index in [1.807, 2.05) is 21.0 Å². The fourth-order valence-electron chi connectivity index (χ4n) is 2.72. The lowest BCUT2D eigenvalue weighted by atomic mass is 9.85. The summed E-state index contributed by atoms with van der Waals surface area (Å²) in [5.74, 6) is 0.613. The van der Waals surface area contributed by atoms with Gasteiger partial charge in [0.1, 0.15) is 6.04 Å². The van der Waals surface area contributed by atoms with E-state index in [0.717, 1.165) is 19.5 Å². The lowest BCUT2D eigenvalue weighted by Crippen LogP contribution is -2.42. The predicted octanol–water partition coefficient (Wildman–Crippen LogP) is 2.04. The average molecular weight is 270 g/mol. The van der Waals surface area contributed by atoms with Gasteiger partial charge in [-0.05, 0) is 33.4 Å². The molecule has 0 aromatic carbocycles. The molecule has 1 aliphatic carbocycles. The lowest BCUT2D eigenvalue weighted by Gasteiger charge is -2.26. The number of rotatable bonds is 8. The number of nitrogens with one attached hydrogen (secondary N) is 1. The number of carbonyl (C=O) groups excluding carboxylic acids is 1. The highest BCUT2D eigenvalue weighted by atomic mass is 16.5. The summed E-state index contributed by atoms with van der Waals surface area (Å²) in [6, 6.07) is -0.122. The third kappa shape index (κ3) is 6.92. The Morgan fingerprint density at radius 1 is 1.32 bits per heavy atom. The Balaban J connectivity index is 2.40. The Morgan fingerprint density at radius 2 is 2.00 bits per heavy atom. The second-order valence-electron chi connectivity index (χ2n) is 5.80. The summed E-state index contributed by atoms with van der Waals surface area (Å²) < 4.78 is 5.19. The maximum absolute atomic E-state index is 12.0. The van der Waals surface area contributed by atoms with E-state index in [1.54, 1.807) is 0 Å². The molecule has 0 bridgehead atoms. The van der Waals surface area contributed by atoms with Crippen molar-refractivity contribution in [3.05, 3.63) is 0 Å². The van der Waals surface area contributed by atoms with Crippen LogP contribution in [0.25, 0.3) is 0 Å². The zero-order valence-electron chi connectivity index (χ0n) is 12.8. The minimum atomic E-state index is -0.122. The molecule has 4 nitrogen and oxygen atoms in total. The third-order valence-corrected chi connectivity index (χ3v) is 3.81. The van der Waals surface area contributed by atoms with Crippen LogP contribution in [0.5, 0.6) is 0 Å². The second kappa shape index (κ2) is 9.32. The van der Waals surface area contributed by atoms with Crippen LogP contribution >= 0.6 is 0 Å². The summed E-state index contributed by atoms with van der Waals surface area (Å²) in [4.78, 5) is 14.1. The molecule has 0 aromatic rings. The Kier molecular flexibility index (Phi) is 8.07. The minimum absolute atomic E-state index is 0.0770. The first-order chi connectivity index (χ1) is 9.13. The molecule has 0 aromatic heterocycles. The Labute approximate surface area is 117 Å². The highest BCUT2D eigenvalue weighted by molar-refractivity contribution is 5.75.